The van der Waals surface area contributed by atoms with Crippen LogP contribution in [0.15, 0.2) is 17.1 Å². The third kappa shape index (κ3) is 3.56. The maximum absolute atomic E-state index is 12.1. The summed E-state index contributed by atoms with van der Waals surface area (Å²) in [6.07, 6.45) is 1.27. The topological polar surface area (TPSA) is 59.8 Å². The molecule has 0 unspecified atom stereocenters. The number of anilines is 1. The fourth-order valence-electron chi connectivity index (χ4n) is 2.19. The van der Waals surface area contributed by atoms with E-state index < -0.39 is 6.29 Å². The van der Waals surface area contributed by atoms with E-state index in [-0.39, 0.29) is 12.1 Å². The number of hydrogen-bond acceptors (Lipinski definition) is 6. The van der Waals surface area contributed by atoms with Gasteiger partial charge in [-0.3, -0.25) is 4.79 Å². The number of aromatic nitrogens is 2. The second-order valence-corrected chi connectivity index (χ2v) is 4.93. The van der Waals surface area contributed by atoms with Crippen LogP contribution in [0, 0.1) is 0 Å². The van der Waals surface area contributed by atoms with E-state index in [1.807, 2.05) is 0 Å². The largest absolute Gasteiger partial charge is 0.368 e. The summed E-state index contributed by atoms with van der Waals surface area (Å²) in [5.74, 6) is 0. The molecule has 0 amide bonds. The number of piperazine rings is 1. The number of methoxy groups -OCH3 is 2. The van der Waals surface area contributed by atoms with Crippen LogP contribution >= 0.6 is 0 Å². The van der Waals surface area contributed by atoms with Crippen molar-refractivity contribution in [1.82, 2.24) is 14.7 Å². The van der Waals surface area contributed by atoms with Crippen LogP contribution in [0.2, 0.25) is 0 Å². The van der Waals surface area contributed by atoms with Crippen LogP contribution in [0.1, 0.15) is 0 Å². The molecule has 2 rings (SSSR count). The monoisotopic (exact) mass is 282 g/mol. The van der Waals surface area contributed by atoms with Gasteiger partial charge in [0.1, 0.15) is 0 Å². The third-order valence-corrected chi connectivity index (χ3v) is 3.57. The normalized spacial score (nSPS) is 16.9. The minimum atomic E-state index is -0.463. The summed E-state index contributed by atoms with van der Waals surface area (Å²) in [5, 5.41) is 4.20. The molecule has 0 aliphatic carbocycles. The quantitative estimate of drug-likeness (QED) is 0.686. The molecule has 1 aliphatic rings. The summed E-state index contributed by atoms with van der Waals surface area (Å²) in [4.78, 5) is 16.5. The molecular formula is C13H22N4O3. The van der Waals surface area contributed by atoms with Gasteiger partial charge in [-0.2, -0.15) is 5.10 Å². The average Bonchev–Trinajstić information content (AvgIpc) is 2.47. The zero-order valence-electron chi connectivity index (χ0n) is 12.3. The lowest BCUT2D eigenvalue weighted by molar-refractivity contribution is -0.113. The molecule has 112 valence electrons. The Kier molecular flexibility index (Phi) is 5.11. The van der Waals surface area contributed by atoms with Crippen molar-refractivity contribution in [2.75, 3.05) is 52.3 Å². The Bertz CT molecular complexity index is 479. The summed E-state index contributed by atoms with van der Waals surface area (Å²) in [6.45, 7) is 4.12. The molecule has 1 aromatic heterocycles. The predicted octanol–water partition coefficient (Wildman–Crippen LogP) is -0.386. The van der Waals surface area contributed by atoms with Crippen LogP contribution < -0.4 is 10.5 Å². The van der Waals surface area contributed by atoms with Gasteiger partial charge in [-0.15, -0.1) is 0 Å². The van der Waals surface area contributed by atoms with E-state index in [1.165, 1.54) is 18.9 Å². The number of nitrogens with zero attached hydrogens (tertiary/aromatic N) is 4. The van der Waals surface area contributed by atoms with Crippen molar-refractivity contribution < 1.29 is 9.47 Å². The molecule has 1 fully saturated rings. The van der Waals surface area contributed by atoms with Crippen molar-refractivity contribution in [3.8, 4) is 0 Å². The zero-order valence-corrected chi connectivity index (χ0v) is 12.3. The number of rotatable bonds is 5. The molecule has 1 aromatic rings. The molecule has 0 radical (unpaired) electrons. The Labute approximate surface area is 118 Å². The SMILES string of the molecule is COC(Cn1ncc(N2CCN(C)CC2)cc1=O)OC. The number of hydrogen-bond donors (Lipinski definition) is 0. The van der Waals surface area contributed by atoms with Crippen LogP contribution in [0.4, 0.5) is 5.69 Å². The molecule has 0 bridgehead atoms. The average molecular weight is 282 g/mol. The Morgan fingerprint density at radius 2 is 1.90 bits per heavy atom. The van der Waals surface area contributed by atoms with Gasteiger partial charge in [0.25, 0.3) is 5.56 Å². The lowest BCUT2D eigenvalue weighted by Crippen LogP contribution is -2.45. The van der Waals surface area contributed by atoms with Gasteiger partial charge in [-0.05, 0) is 7.05 Å². The van der Waals surface area contributed by atoms with E-state index in [0.717, 1.165) is 31.9 Å². The van der Waals surface area contributed by atoms with E-state index in [9.17, 15) is 4.79 Å². The molecule has 0 saturated carbocycles. The maximum atomic E-state index is 12.1. The molecule has 0 aromatic carbocycles. The van der Waals surface area contributed by atoms with Gasteiger partial charge in [-0.1, -0.05) is 0 Å². The molecule has 2 heterocycles. The Morgan fingerprint density at radius 1 is 1.25 bits per heavy atom. The van der Waals surface area contributed by atoms with Crippen LogP contribution in [0.25, 0.3) is 0 Å². The minimum absolute atomic E-state index is 0.138. The number of ether oxygens (including phenoxy) is 2. The van der Waals surface area contributed by atoms with Crippen LogP contribution in [-0.4, -0.2) is 68.4 Å². The van der Waals surface area contributed by atoms with E-state index in [4.69, 9.17) is 9.47 Å². The molecular weight excluding hydrogens is 260 g/mol. The van der Waals surface area contributed by atoms with E-state index in [0.29, 0.717) is 0 Å². The standard InChI is InChI=1S/C13H22N4O3/c1-15-4-6-16(7-5-15)11-8-12(18)17(14-9-11)10-13(19-2)20-3/h8-9,13H,4-7,10H2,1-3H3. The first kappa shape index (κ1) is 15.0. The summed E-state index contributed by atoms with van der Waals surface area (Å²) < 4.78 is 11.5. The summed E-state index contributed by atoms with van der Waals surface area (Å²) in [7, 11) is 5.18. The molecule has 7 nitrogen and oxygen atoms in total. The van der Waals surface area contributed by atoms with Crippen LogP contribution in [-0.2, 0) is 16.0 Å². The first-order chi connectivity index (χ1) is 9.63. The van der Waals surface area contributed by atoms with E-state index in [1.54, 1.807) is 12.3 Å². The molecule has 0 spiro atoms. The van der Waals surface area contributed by atoms with Gasteiger partial charge < -0.3 is 19.3 Å². The first-order valence-electron chi connectivity index (χ1n) is 6.70. The zero-order chi connectivity index (χ0) is 14.5. The van der Waals surface area contributed by atoms with Crippen molar-refractivity contribution in [1.29, 1.82) is 0 Å². The van der Waals surface area contributed by atoms with Gasteiger partial charge in [0.15, 0.2) is 6.29 Å². The lowest BCUT2D eigenvalue weighted by Gasteiger charge is -2.33. The molecule has 0 atom stereocenters. The van der Waals surface area contributed by atoms with Crippen LogP contribution in [0.5, 0.6) is 0 Å². The van der Waals surface area contributed by atoms with Crippen molar-refractivity contribution in [3.05, 3.63) is 22.6 Å². The maximum Gasteiger partial charge on any atom is 0.268 e. The smallest absolute Gasteiger partial charge is 0.268 e. The molecule has 0 N–H and O–H groups in total. The Morgan fingerprint density at radius 3 is 2.45 bits per heavy atom. The van der Waals surface area contributed by atoms with Gasteiger partial charge in [-0.25, -0.2) is 4.68 Å². The van der Waals surface area contributed by atoms with E-state index in [2.05, 4.69) is 21.9 Å². The van der Waals surface area contributed by atoms with Crippen molar-refractivity contribution in [2.45, 2.75) is 12.8 Å². The summed E-state index contributed by atoms with van der Waals surface area (Å²) in [6, 6.07) is 1.63. The van der Waals surface area contributed by atoms with Gasteiger partial charge in [0, 0.05) is 46.5 Å². The third-order valence-electron chi connectivity index (χ3n) is 3.57. The predicted molar refractivity (Wildman–Crippen MR) is 76.0 cm³/mol. The van der Waals surface area contributed by atoms with Gasteiger partial charge in [0.05, 0.1) is 18.4 Å². The number of likely N-dealkylation sites (N-methyl/N-ethyl adjacent to an activating group) is 1. The Hall–Kier alpha value is -1.44. The summed E-state index contributed by atoms with van der Waals surface area (Å²) in [5.41, 5.74) is 0.742. The highest BCUT2D eigenvalue weighted by atomic mass is 16.7. The lowest BCUT2D eigenvalue weighted by atomic mass is 10.3. The minimum Gasteiger partial charge on any atom is -0.368 e. The highest BCUT2D eigenvalue weighted by molar-refractivity contribution is 5.43. The first-order valence-corrected chi connectivity index (χ1v) is 6.70. The van der Waals surface area contributed by atoms with Crippen LogP contribution in [0.3, 0.4) is 0 Å². The van der Waals surface area contributed by atoms with Crippen molar-refractivity contribution >= 4 is 5.69 Å². The highest BCUT2D eigenvalue weighted by Crippen LogP contribution is 2.12. The molecule has 20 heavy (non-hydrogen) atoms. The molecule has 1 saturated heterocycles. The molecule has 7 heteroatoms. The summed E-state index contributed by atoms with van der Waals surface area (Å²) >= 11 is 0. The fraction of sp³-hybridized carbons (Fsp3) is 0.692. The molecule has 1 aliphatic heterocycles. The van der Waals surface area contributed by atoms with Crippen molar-refractivity contribution in [3.63, 3.8) is 0 Å². The van der Waals surface area contributed by atoms with Gasteiger partial charge >= 0.3 is 0 Å². The van der Waals surface area contributed by atoms with E-state index >= 15 is 0 Å². The second-order valence-electron chi connectivity index (χ2n) is 4.93. The van der Waals surface area contributed by atoms with Crippen molar-refractivity contribution in [2.24, 2.45) is 0 Å². The van der Waals surface area contributed by atoms with Gasteiger partial charge in [0.2, 0.25) is 0 Å². The highest BCUT2D eigenvalue weighted by Gasteiger charge is 2.16. The Balaban J connectivity index is 2.07. The second kappa shape index (κ2) is 6.83. The fourth-order valence-corrected chi connectivity index (χ4v) is 2.19.